The van der Waals surface area contributed by atoms with Crippen molar-refractivity contribution in [1.82, 2.24) is 0 Å². The van der Waals surface area contributed by atoms with Crippen LogP contribution in [0, 0.1) is 5.92 Å². The minimum absolute atomic E-state index is 0.0744. The highest BCUT2D eigenvalue weighted by atomic mass is 19.1. The van der Waals surface area contributed by atoms with Crippen molar-refractivity contribution >= 4 is 29.8 Å². The van der Waals surface area contributed by atoms with Crippen LogP contribution in [0.4, 0.5) is 14.9 Å². The molecule has 5 atom stereocenters. The highest BCUT2D eigenvalue weighted by molar-refractivity contribution is 5.99. The molecule has 2 heterocycles. The Kier molecular flexibility index (Phi) is 11.9. The van der Waals surface area contributed by atoms with Crippen LogP contribution in [0.2, 0.25) is 0 Å². The summed E-state index contributed by atoms with van der Waals surface area (Å²) in [5.74, 6) is -3.94. The summed E-state index contributed by atoms with van der Waals surface area (Å²) >= 11 is 0. The standard InChI is InChI=1S/C37H46FNO10/c1-22-18-27(38)31(46-33(40)24-14-11-10-12-15-24)32-28(47-37(6,7)48-32)17-13-16-25-19-26(39(8)35(42)49-36(3,4)5)20-29(44-21-43-9)30(25)34(41)45-23(22)2/h10-16,18-20,22-23,28,31-32H,17,21H2,1-9H3/b16-13+,27-18+/t22-,23+,28?,31?,32?/m1/s1. The van der Waals surface area contributed by atoms with Gasteiger partial charge in [0.15, 0.2) is 18.7 Å². The molecular formula is C37H46FNO10. The molecule has 0 aliphatic carbocycles. The van der Waals surface area contributed by atoms with Gasteiger partial charge >= 0.3 is 18.0 Å². The van der Waals surface area contributed by atoms with Gasteiger partial charge in [-0.3, -0.25) is 4.90 Å². The molecule has 1 fully saturated rings. The monoisotopic (exact) mass is 683 g/mol. The molecule has 0 N–H and O–H groups in total. The fourth-order valence-corrected chi connectivity index (χ4v) is 5.32. The molecule has 49 heavy (non-hydrogen) atoms. The molecule has 2 aliphatic heterocycles. The smallest absolute Gasteiger partial charge is 0.414 e. The number of hydrogen-bond acceptors (Lipinski definition) is 10. The molecule has 0 aromatic heterocycles. The lowest BCUT2D eigenvalue weighted by Crippen LogP contribution is -2.39. The zero-order valence-corrected chi connectivity index (χ0v) is 29.5. The normalized spacial score (nSPS) is 25.7. The molecule has 2 aliphatic rings. The molecule has 0 bridgehead atoms. The van der Waals surface area contributed by atoms with Gasteiger partial charge in [-0.1, -0.05) is 37.3 Å². The second kappa shape index (κ2) is 15.5. The van der Waals surface area contributed by atoms with E-state index in [2.05, 4.69) is 0 Å². The first-order valence-corrected chi connectivity index (χ1v) is 16.1. The van der Waals surface area contributed by atoms with E-state index in [-0.39, 0.29) is 30.1 Å². The maximum absolute atomic E-state index is 16.2. The Morgan fingerprint density at radius 1 is 1.08 bits per heavy atom. The van der Waals surface area contributed by atoms with Crippen molar-refractivity contribution < 1.29 is 51.9 Å². The number of fused-ring (bicyclic) bond motifs is 2. The fraction of sp³-hybridized carbons (Fsp3) is 0.486. The maximum Gasteiger partial charge on any atom is 0.414 e. The minimum atomic E-state index is -1.46. The van der Waals surface area contributed by atoms with Crippen molar-refractivity contribution in [1.29, 1.82) is 0 Å². The number of nitrogens with zero attached hydrogens (tertiary/aromatic N) is 1. The zero-order valence-electron chi connectivity index (χ0n) is 29.5. The van der Waals surface area contributed by atoms with Crippen molar-refractivity contribution in [2.24, 2.45) is 5.92 Å². The third-order valence-corrected chi connectivity index (χ3v) is 7.86. The number of anilines is 1. The van der Waals surface area contributed by atoms with Crippen LogP contribution in [0.3, 0.4) is 0 Å². The number of methoxy groups -OCH3 is 1. The first-order chi connectivity index (χ1) is 23.0. The molecule has 0 saturated carbocycles. The summed E-state index contributed by atoms with van der Waals surface area (Å²) in [7, 11) is 2.98. The van der Waals surface area contributed by atoms with Gasteiger partial charge in [-0.15, -0.1) is 0 Å². The molecule has 11 nitrogen and oxygen atoms in total. The Morgan fingerprint density at radius 3 is 2.43 bits per heavy atom. The number of hydrogen-bond donors (Lipinski definition) is 0. The van der Waals surface area contributed by atoms with Gasteiger partial charge in [-0.2, -0.15) is 0 Å². The van der Waals surface area contributed by atoms with Crippen LogP contribution in [0.25, 0.3) is 6.08 Å². The molecule has 1 saturated heterocycles. The molecule has 2 aromatic rings. The SMILES string of the molecule is COCOc1cc(N(C)C(=O)OC(C)(C)C)cc2c1C(=O)O[C@@H](C)[C@H](C)/C=C(/F)C(OC(=O)c1ccccc1)C1OC(C)(C)OC1C/C=C/2. The van der Waals surface area contributed by atoms with Gasteiger partial charge in [0.1, 0.15) is 34.9 Å². The van der Waals surface area contributed by atoms with Gasteiger partial charge in [0, 0.05) is 26.1 Å². The second-order valence-electron chi connectivity index (χ2n) is 13.5. The zero-order chi connectivity index (χ0) is 36.1. The average molecular weight is 684 g/mol. The van der Waals surface area contributed by atoms with E-state index in [1.54, 1.807) is 104 Å². The molecule has 2 aromatic carbocycles. The van der Waals surface area contributed by atoms with E-state index in [1.807, 2.05) is 0 Å². The van der Waals surface area contributed by atoms with Crippen LogP contribution >= 0.6 is 0 Å². The number of carbonyl (C=O) groups is 3. The predicted molar refractivity (Wildman–Crippen MR) is 180 cm³/mol. The average Bonchev–Trinajstić information content (AvgIpc) is 3.34. The first-order valence-electron chi connectivity index (χ1n) is 16.1. The lowest BCUT2D eigenvalue weighted by molar-refractivity contribution is -0.154. The van der Waals surface area contributed by atoms with Crippen LogP contribution < -0.4 is 9.64 Å². The van der Waals surface area contributed by atoms with Gasteiger partial charge in [0.05, 0.1) is 17.4 Å². The summed E-state index contributed by atoms with van der Waals surface area (Å²) in [5.41, 5.74) is 0.306. The quantitative estimate of drug-likeness (QED) is 0.175. The minimum Gasteiger partial charge on any atom is -0.467 e. The first kappa shape index (κ1) is 37.6. The maximum atomic E-state index is 16.2. The van der Waals surface area contributed by atoms with Gasteiger partial charge in [-0.05, 0) is 77.8 Å². The van der Waals surface area contributed by atoms with E-state index in [9.17, 15) is 14.4 Å². The van der Waals surface area contributed by atoms with Crippen LogP contribution in [0.5, 0.6) is 5.75 Å². The van der Waals surface area contributed by atoms with Gasteiger partial charge < -0.3 is 33.2 Å². The van der Waals surface area contributed by atoms with Crippen molar-refractivity contribution in [3.05, 3.63) is 77.1 Å². The van der Waals surface area contributed by atoms with Gasteiger partial charge in [-0.25, -0.2) is 18.8 Å². The Morgan fingerprint density at radius 2 is 1.78 bits per heavy atom. The van der Waals surface area contributed by atoms with Crippen LogP contribution in [-0.4, -0.2) is 74.8 Å². The number of carbonyl (C=O) groups excluding carboxylic acids is 3. The molecule has 266 valence electrons. The van der Waals surface area contributed by atoms with Crippen LogP contribution in [0.1, 0.15) is 81.2 Å². The number of cyclic esters (lactones) is 1. The molecule has 12 heteroatoms. The summed E-state index contributed by atoms with van der Waals surface area (Å²) in [6.45, 7) is 11.8. The molecule has 0 radical (unpaired) electrons. The van der Waals surface area contributed by atoms with E-state index in [0.717, 1.165) is 0 Å². The van der Waals surface area contributed by atoms with Crippen LogP contribution in [-0.2, 0) is 28.4 Å². The third-order valence-electron chi connectivity index (χ3n) is 7.86. The highest BCUT2D eigenvalue weighted by Gasteiger charge is 2.48. The number of ether oxygens (including phenoxy) is 7. The summed E-state index contributed by atoms with van der Waals surface area (Å²) < 4.78 is 56.7. The van der Waals surface area contributed by atoms with Crippen molar-refractivity contribution in [3.63, 3.8) is 0 Å². The second-order valence-corrected chi connectivity index (χ2v) is 13.5. The third kappa shape index (κ3) is 9.68. The van der Waals surface area contributed by atoms with Crippen molar-refractivity contribution in [2.75, 3.05) is 25.9 Å². The molecule has 0 spiro atoms. The number of rotatable bonds is 6. The Labute approximate surface area is 286 Å². The van der Waals surface area contributed by atoms with Gasteiger partial charge in [0.25, 0.3) is 0 Å². The molecule has 4 rings (SSSR count). The number of halogens is 1. The van der Waals surface area contributed by atoms with E-state index in [1.165, 1.54) is 24.2 Å². The predicted octanol–water partition coefficient (Wildman–Crippen LogP) is 7.24. The summed E-state index contributed by atoms with van der Waals surface area (Å²) in [5, 5.41) is 0. The van der Waals surface area contributed by atoms with Crippen molar-refractivity contribution in [2.45, 2.75) is 90.7 Å². The Balaban J connectivity index is 1.81. The van der Waals surface area contributed by atoms with E-state index in [0.29, 0.717) is 11.3 Å². The lowest BCUT2D eigenvalue weighted by Gasteiger charge is -2.27. The van der Waals surface area contributed by atoms with E-state index >= 15 is 4.39 Å². The summed E-state index contributed by atoms with van der Waals surface area (Å²) in [6, 6.07) is 11.4. The molecular weight excluding hydrogens is 637 g/mol. The van der Waals surface area contributed by atoms with E-state index in [4.69, 9.17) is 33.2 Å². The highest BCUT2D eigenvalue weighted by Crippen LogP contribution is 2.38. The number of esters is 2. The lowest BCUT2D eigenvalue weighted by atomic mass is 9.97. The summed E-state index contributed by atoms with van der Waals surface area (Å²) in [4.78, 5) is 41.3. The number of amides is 1. The van der Waals surface area contributed by atoms with Gasteiger partial charge in [0.2, 0.25) is 0 Å². The topological polar surface area (TPSA) is 119 Å². The number of benzene rings is 2. The largest absolute Gasteiger partial charge is 0.467 e. The molecule has 3 unspecified atom stereocenters. The Bertz CT molecular complexity index is 1560. The molecule has 1 amide bonds. The summed E-state index contributed by atoms with van der Waals surface area (Å²) in [6.07, 6.45) is 0.104. The fourth-order valence-electron chi connectivity index (χ4n) is 5.32. The Hall–Kier alpha value is -4.26. The van der Waals surface area contributed by atoms with E-state index < -0.39 is 65.6 Å². The van der Waals surface area contributed by atoms with Crippen LogP contribution in [0.15, 0.2) is 60.4 Å². The van der Waals surface area contributed by atoms with Crippen molar-refractivity contribution in [3.8, 4) is 5.75 Å².